The van der Waals surface area contributed by atoms with E-state index in [0.717, 1.165) is 10.6 Å². The lowest BCUT2D eigenvalue weighted by Crippen LogP contribution is -2.71. The summed E-state index contributed by atoms with van der Waals surface area (Å²) >= 11 is 0. The Hall–Kier alpha value is -3.67. The largest absolute Gasteiger partial charge is 0.455 e. The molecule has 3 aromatic carbocycles. The number of fused-ring (bicyclic) bond motifs is 1. The highest BCUT2D eigenvalue weighted by Crippen LogP contribution is 2.53. The molecule has 20 heteroatoms. The summed E-state index contributed by atoms with van der Waals surface area (Å²) in [4.78, 5) is 27.6. The molecule has 2 amide bonds. The van der Waals surface area contributed by atoms with Crippen molar-refractivity contribution in [3.05, 3.63) is 77.6 Å². The van der Waals surface area contributed by atoms with Crippen LogP contribution >= 0.6 is 0 Å². The van der Waals surface area contributed by atoms with Gasteiger partial charge in [0, 0.05) is 35.2 Å². The molecule has 0 aliphatic rings. The SMILES string of the molecule is BC(B)(B)C(NC(=O)c1cccc(-c2cc3c(C(=O)NC)c(-c4ccc(F)cc4)oc3cc2N(CCF)S(C)(=O)=O)c1)(C(B)(B)B)C(B)(B)B. The van der Waals surface area contributed by atoms with Gasteiger partial charge in [-0.1, -0.05) is 27.5 Å². The van der Waals surface area contributed by atoms with Gasteiger partial charge in [0.25, 0.3) is 11.8 Å². The van der Waals surface area contributed by atoms with Crippen LogP contribution in [-0.4, -0.2) is 123 Å². The Morgan fingerprint density at radius 1 is 0.840 bits per heavy atom. The van der Waals surface area contributed by atoms with E-state index in [9.17, 15) is 26.8 Å². The molecule has 0 atom stereocenters. The molecule has 0 bridgehead atoms. The summed E-state index contributed by atoms with van der Waals surface area (Å²) in [6.45, 7) is -1.44. The van der Waals surface area contributed by atoms with E-state index in [1.807, 2.05) is 0 Å². The van der Waals surface area contributed by atoms with Crippen molar-refractivity contribution in [3.63, 3.8) is 0 Å². The number of carbonyl (C=O) groups excluding carboxylic acids is 2. The molecule has 0 fully saturated rings. The van der Waals surface area contributed by atoms with Crippen molar-refractivity contribution in [2.45, 2.75) is 20.9 Å². The fourth-order valence-electron chi connectivity index (χ4n) is 8.27. The first-order valence-electron chi connectivity index (χ1n) is 16.5. The smallest absolute Gasteiger partial charge is 0.255 e. The zero-order valence-electron chi connectivity index (χ0n) is 30.8. The number of hydrogen-bond acceptors (Lipinski definition) is 5. The summed E-state index contributed by atoms with van der Waals surface area (Å²) in [5, 5.41) is 5.30. The molecular weight excluding hydrogens is 650 g/mol. The number of hydrogen-bond donors (Lipinski definition) is 2. The van der Waals surface area contributed by atoms with Crippen LogP contribution in [0.1, 0.15) is 20.7 Å². The molecule has 0 unspecified atom stereocenters. The lowest BCUT2D eigenvalue weighted by atomic mass is 9.12. The number of nitrogens with one attached hydrogen (secondary N) is 2. The van der Waals surface area contributed by atoms with Gasteiger partial charge in [-0.15, -0.1) is 0 Å². The van der Waals surface area contributed by atoms with Gasteiger partial charge in [0.2, 0.25) is 10.0 Å². The zero-order chi connectivity index (χ0) is 37.6. The van der Waals surface area contributed by atoms with Crippen LogP contribution in [0.5, 0.6) is 0 Å². The number of furan rings is 1. The molecule has 0 spiro atoms. The first-order valence-corrected chi connectivity index (χ1v) is 18.4. The van der Waals surface area contributed by atoms with Gasteiger partial charge in [0.1, 0.15) is 23.8 Å². The minimum atomic E-state index is -4.01. The summed E-state index contributed by atoms with van der Waals surface area (Å²) in [6.07, 6.45) is 0.980. The Bertz CT molecular complexity index is 2010. The van der Waals surface area contributed by atoms with Gasteiger partial charge in [-0.2, -0.15) is 0 Å². The topological polar surface area (TPSA) is 109 Å². The third-order valence-electron chi connectivity index (χ3n) is 9.44. The van der Waals surface area contributed by atoms with Crippen molar-refractivity contribution in [1.29, 1.82) is 0 Å². The number of sulfonamides is 1. The van der Waals surface area contributed by atoms with E-state index in [1.165, 1.54) is 37.4 Å². The summed E-state index contributed by atoms with van der Waals surface area (Å²) in [7, 11) is 16.5. The summed E-state index contributed by atoms with van der Waals surface area (Å²) in [5.74, 6) is -1.12. The number of nitrogens with zero attached hydrogens (tertiary/aromatic N) is 1. The second kappa shape index (κ2) is 13.8. The second-order valence-electron chi connectivity index (χ2n) is 15.8. The molecule has 8 nitrogen and oxygen atoms in total. The van der Waals surface area contributed by atoms with E-state index in [-0.39, 0.29) is 43.8 Å². The third kappa shape index (κ3) is 7.23. The van der Waals surface area contributed by atoms with Crippen molar-refractivity contribution in [2.24, 2.45) is 0 Å². The molecule has 4 aromatic rings. The van der Waals surface area contributed by atoms with E-state index in [4.69, 9.17) is 4.42 Å². The lowest BCUT2D eigenvalue weighted by molar-refractivity contribution is 0.0895. The fraction of sp³-hybridized carbons (Fsp3) is 0.267. The van der Waals surface area contributed by atoms with Crippen molar-refractivity contribution >= 4 is 109 Å². The van der Waals surface area contributed by atoms with Crippen molar-refractivity contribution in [1.82, 2.24) is 10.6 Å². The first kappa shape index (κ1) is 39.1. The van der Waals surface area contributed by atoms with Crippen LogP contribution in [0.25, 0.3) is 33.4 Å². The predicted octanol–water partition coefficient (Wildman–Crippen LogP) is -3.61. The maximum atomic E-state index is 14.3. The standard InChI is InChI=1S/C30H40B9F2N3O5S/c1-42-26(46)23-20-13-19(16-4-3-5-17(12-16)25(45)43-27(28(31,32)33,29(34,35)36)30(37,38)39)21(44(11-10-40)50(2,47)48)14-22(20)49-24(23)15-6-8-18(41)9-7-15/h3-9,12-14H,10-11,31-39H2,1-2H3,(H,42,46)(H,43,45). The molecule has 2 N–H and O–H groups in total. The van der Waals surface area contributed by atoms with Gasteiger partial charge in [-0.25, -0.2) is 17.2 Å². The summed E-state index contributed by atoms with van der Waals surface area (Å²) in [5.41, 5.74) is 1.27. The number of anilines is 1. The average Bonchev–Trinajstić information content (AvgIpc) is 3.37. The maximum Gasteiger partial charge on any atom is 0.255 e. The molecule has 0 saturated carbocycles. The van der Waals surface area contributed by atoms with Crippen LogP contribution in [0.15, 0.2) is 65.1 Å². The van der Waals surface area contributed by atoms with Crippen molar-refractivity contribution < 1.29 is 31.2 Å². The fourth-order valence-corrected chi connectivity index (χ4v) is 9.18. The maximum absolute atomic E-state index is 14.3. The second-order valence-corrected chi connectivity index (χ2v) is 17.7. The minimum absolute atomic E-state index is 0.103. The van der Waals surface area contributed by atoms with Crippen LogP contribution < -0.4 is 14.9 Å². The highest BCUT2D eigenvalue weighted by Gasteiger charge is 2.56. The summed E-state index contributed by atoms with van der Waals surface area (Å²) < 4.78 is 61.1. The highest BCUT2D eigenvalue weighted by molar-refractivity contribution is 7.92. The molecule has 0 radical (unpaired) electrons. The molecule has 0 aliphatic heterocycles. The number of halogens is 2. The normalized spacial score (nSPS) is 12.8. The van der Waals surface area contributed by atoms with Crippen molar-refractivity contribution in [3.8, 4) is 22.5 Å². The molecule has 252 valence electrons. The Kier molecular flexibility index (Phi) is 10.8. The first-order chi connectivity index (χ1) is 23.0. The Morgan fingerprint density at radius 2 is 1.42 bits per heavy atom. The monoisotopic (exact) mass is 691 g/mol. The van der Waals surface area contributed by atoms with E-state index < -0.39 is 40.5 Å². The van der Waals surface area contributed by atoms with Crippen LogP contribution in [0.4, 0.5) is 14.5 Å². The van der Waals surface area contributed by atoms with Gasteiger partial charge in [0.15, 0.2) is 0 Å². The van der Waals surface area contributed by atoms with Crippen LogP contribution in [0.2, 0.25) is 15.3 Å². The molecule has 0 aliphatic carbocycles. The van der Waals surface area contributed by atoms with Crippen LogP contribution in [0.3, 0.4) is 0 Å². The quantitative estimate of drug-likeness (QED) is 0.150. The van der Waals surface area contributed by atoms with Crippen LogP contribution in [0, 0.1) is 5.82 Å². The number of rotatable bonds is 12. The van der Waals surface area contributed by atoms with Gasteiger partial charge < -0.3 is 15.1 Å². The number of benzene rings is 3. The Labute approximate surface area is 301 Å². The molecule has 0 saturated heterocycles. The Morgan fingerprint density at radius 3 is 1.92 bits per heavy atom. The number of amides is 2. The minimum Gasteiger partial charge on any atom is -0.455 e. The van der Waals surface area contributed by atoms with Gasteiger partial charge in [0.05, 0.1) is 94.7 Å². The van der Waals surface area contributed by atoms with Gasteiger partial charge >= 0.3 is 0 Å². The molecular formula is C30H40B9F2N3O5S. The zero-order valence-corrected chi connectivity index (χ0v) is 31.7. The summed E-state index contributed by atoms with van der Waals surface area (Å²) in [6, 6.07) is 15.3. The molecule has 50 heavy (non-hydrogen) atoms. The number of alkyl halides is 1. The molecule has 1 aromatic heterocycles. The molecule has 4 rings (SSSR count). The van der Waals surface area contributed by atoms with Crippen LogP contribution in [-0.2, 0) is 10.0 Å². The predicted molar refractivity (Wildman–Crippen MR) is 224 cm³/mol. The van der Waals surface area contributed by atoms with Gasteiger partial charge in [-0.3, -0.25) is 13.9 Å². The molecule has 1 heterocycles. The average molecular weight is 690 g/mol. The highest BCUT2D eigenvalue weighted by atomic mass is 32.2. The van der Waals surface area contributed by atoms with Crippen molar-refractivity contribution in [2.75, 3.05) is 30.8 Å². The van der Waals surface area contributed by atoms with E-state index in [0.29, 0.717) is 27.6 Å². The van der Waals surface area contributed by atoms with E-state index >= 15 is 0 Å². The van der Waals surface area contributed by atoms with E-state index in [1.54, 1.807) is 30.3 Å². The Balaban J connectivity index is 2.02. The third-order valence-corrected chi connectivity index (χ3v) is 10.6. The van der Waals surface area contributed by atoms with Gasteiger partial charge in [-0.05, 0) is 53.6 Å². The lowest BCUT2D eigenvalue weighted by Gasteiger charge is -2.63. The number of carbonyl (C=O) groups is 2. The van der Waals surface area contributed by atoms with E-state index in [2.05, 4.69) is 81.3 Å².